The molecule has 0 spiro atoms. The predicted octanol–water partition coefficient (Wildman–Crippen LogP) is 2.42. The molecule has 0 aromatic carbocycles. The van der Waals surface area contributed by atoms with Gasteiger partial charge in [-0.15, -0.1) is 0 Å². The fraction of sp³-hybridized carbons (Fsp3) is 0.333. The average Bonchev–Trinajstić information content (AvgIpc) is 2.16. The second-order valence-corrected chi connectivity index (χ2v) is 3.63. The fourth-order valence-electron chi connectivity index (χ4n) is 0.969. The largest absolute Gasteiger partial charge is 0.361 e. The van der Waals surface area contributed by atoms with Gasteiger partial charge in [-0.25, -0.2) is 4.98 Å². The van der Waals surface area contributed by atoms with Crippen molar-refractivity contribution in [1.82, 2.24) is 9.97 Å². The summed E-state index contributed by atoms with van der Waals surface area (Å²) in [6.45, 7) is 4.32. The summed E-state index contributed by atoms with van der Waals surface area (Å²) in [4.78, 5) is 17.4. The number of nitrogens with one attached hydrogen (secondary N) is 1. The van der Waals surface area contributed by atoms with Crippen LogP contribution in [-0.4, -0.2) is 21.4 Å². The second-order valence-electron chi connectivity index (χ2n) is 3.29. The molecule has 7 heteroatoms. The van der Waals surface area contributed by atoms with E-state index in [0.717, 1.165) is 11.8 Å². The minimum absolute atomic E-state index is 0.0229. The minimum Gasteiger partial charge on any atom is -0.361 e. The van der Waals surface area contributed by atoms with Gasteiger partial charge in [0.05, 0.1) is 4.92 Å². The van der Waals surface area contributed by atoms with Crippen molar-refractivity contribution in [2.45, 2.75) is 13.8 Å². The molecule has 6 nitrogen and oxygen atoms in total. The number of nitrogens with zero attached hydrogens (tertiary/aromatic N) is 3. The van der Waals surface area contributed by atoms with E-state index in [-0.39, 0.29) is 16.8 Å². The van der Waals surface area contributed by atoms with Crippen molar-refractivity contribution < 1.29 is 4.92 Å². The molecular weight excluding hydrogens is 232 g/mol. The van der Waals surface area contributed by atoms with Crippen LogP contribution in [0.15, 0.2) is 17.8 Å². The summed E-state index contributed by atoms with van der Waals surface area (Å²) in [5.41, 5.74) is 0.918. The first kappa shape index (κ1) is 12.4. The number of hydrogen-bond donors (Lipinski definition) is 1. The molecule has 0 fully saturated rings. The van der Waals surface area contributed by atoms with Crippen LogP contribution in [-0.2, 0) is 0 Å². The molecule has 0 atom stereocenters. The fourth-order valence-corrected chi connectivity index (χ4v) is 1.10. The maximum atomic E-state index is 10.7. The number of allylic oxidation sites excluding steroid dienone is 1. The van der Waals surface area contributed by atoms with Crippen LogP contribution in [0, 0.1) is 10.1 Å². The molecule has 0 aliphatic rings. The van der Waals surface area contributed by atoms with Gasteiger partial charge in [0.2, 0.25) is 11.1 Å². The van der Waals surface area contributed by atoms with Crippen molar-refractivity contribution in [1.29, 1.82) is 0 Å². The van der Waals surface area contributed by atoms with E-state index < -0.39 is 4.92 Å². The molecule has 0 aliphatic heterocycles. The van der Waals surface area contributed by atoms with E-state index >= 15 is 0 Å². The zero-order chi connectivity index (χ0) is 12.1. The van der Waals surface area contributed by atoms with E-state index in [1.54, 1.807) is 0 Å². The number of aromatic nitrogens is 2. The van der Waals surface area contributed by atoms with Crippen LogP contribution < -0.4 is 5.32 Å². The quantitative estimate of drug-likeness (QED) is 0.380. The van der Waals surface area contributed by atoms with E-state index in [4.69, 9.17) is 11.6 Å². The molecule has 86 valence electrons. The Kier molecular flexibility index (Phi) is 4.19. The van der Waals surface area contributed by atoms with Crippen LogP contribution in [0.5, 0.6) is 0 Å². The second kappa shape index (κ2) is 5.41. The Morgan fingerprint density at radius 3 is 2.94 bits per heavy atom. The SMILES string of the molecule is CC(C)=CCNc1nc(Cl)ncc1[N+](=O)[O-]. The van der Waals surface area contributed by atoms with Crippen LogP contribution in [0.3, 0.4) is 0 Å². The Hall–Kier alpha value is -1.69. The van der Waals surface area contributed by atoms with Crippen molar-refractivity contribution in [2.75, 3.05) is 11.9 Å². The molecular formula is C9H11ClN4O2. The maximum absolute atomic E-state index is 10.7. The van der Waals surface area contributed by atoms with E-state index in [1.165, 1.54) is 0 Å². The number of rotatable bonds is 4. The number of hydrogen-bond acceptors (Lipinski definition) is 5. The molecule has 1 aromatic heterocycles. The molecule has 1 heterocycles. The Bertz CT molecular complexity index is 430. The van der Waals surface area contributed by atoms with Gasteiger partial charge < -0.3 is 5.32 Å². The van der Waals surface area contributed by atoms with Crippen molar-refractivity contribution in [3.8, 4) is 0 Å². The first-order valence-corrected chi connectivity index (χ1v) is 4.92. The standard InChI is InChI=1S/C9H11ClN4O2/c1-6(2)3-4-11-8-7(14(15)16)5-12-9(10)13-8/h3,5H,4H2,1-2H3,(H,11,12,13). The lowest BCUT2D eigenvalue weighted by atomic mass is 10.3. The number of nitro groups is 1. The van der Waals surface area contributed by atoms with E-state index in [9.17, 15) is 10.1 Å². The van der Waals surface area contributed by atoms with E-state index in [0.29, 0.717) is 6.54 Å². The third-order valence-corrected chi connectivity index (χ3v) is 1.90. The first-order valence-electron chi connectivity index (χ1n) is 4.55. The van der Waals surface area contributed by atoms with Crippen LogP contribution in [0.2, 0.25) is 5.28 Å². The van der Waals surface area contributed by atoms with Gasteiger partial charge in [-0.1, -0.05) is 11.6 Å². The van der Waals surface area contributed by atoms with Crippen molar-refractivity contribution in [3.05, 3.63) is 33.2 Å². The maximum Gasteiger partial charge on any atom is 0.329 e. The Morgan fingerprint density at radius 2 is 2.38 bits per heavy atom. The van der Waals surface area contributed by atoms with Crippen molar-refractivity contribution in [3.63, 3.8) is 0 Å². The molecule has 0 amide bonds. The summed E-state index contributed by atoms with van der Waals surface area (Å²) in [6.07, 6.45) is 2.97. The Morgan fingerprint density at radius 1 is 1.69 bits per heavy atom. The highest BCUT2D eigenvalue weighted by Crippen LogP contribution is 2.21. The minimum atomic E-state index is -0.554. The molecule has 0 aliphatic carbocycles. The third-order valence-electron chi connectivity index (χ3n) is 1.72. The van der Waals surface area contributed by atoms with Gasteiger partial charge in [0.25, 0.3) is 0 Å². The smallest absolute Gasteiger partial charge is 0.329 e. The summed E-state index contributed by atoms with van der Waals surface area (Å²) in [7, 11) is 0. The molecule has 0 saturated carbocycles. The lowest BCUT2D eigenvalue weighted by Gasteiger charge is -2.03. The summed E-state index contributed by atoms with van der Waals surface area (Å²) < 4.78 is 0. The summed E-state index contributed by atoms with van der Waals surface area (Å²) in [5.74, 6) is 0.127. The van der Waals surface area contributed by atoms with Gasteiger partial charge in [0, 0.05) is 6.54 Å². The average molecular weight is 243 g/mol. The highest BCUT2D eigenvalue weighted by atomic mass is 35.5. The van der Waals surface area contributed by atoms with E-state index in [1.807, 2.05) is 19.9 Å². The summed E-state index contributed by atoms with van der Waals surface area (Å²) in [6, 6.07) is 0. The molecule has 1 aromatic rings. The first-order chi connectivity index (χ1) is 7.50. The molecule has 1 rings (SSSR count). The van der Waals surface area contributed by atoms with Gasteiger partial charge >= 0.3 is 5.69 Å². The molecule has 16 heavy (non-hydrogen) atoms. The van der Waals surface area contributed by atoms with Gasteiger partial charge in [-0.2, -0.15) is 4.98 Å². The lowest BCUT2D eigenvalue weighted by Crippen LogP contribution is -2.05. The van der Waals surface area contributed by atoms with E-state index in [2.05, 4.69) is 15.3 Å². The Labute approximate surface area is 97.5 Å². The van der Waals surface area contributed by atoms with Crippen molar-refractivity contribution >= 4 is 23.1 Å². The number of halogens is 1. The highest BCUT2D eigenvalue weighted by Gasteiger charge is 2.15. The van der Waals surface area contributed by atoms with Gasteiger partial charge in [0.1, 0.15) is 6.20 Å². The van der Waals surface area contributed by atoms with Crippen molar-refractivity contribution in [2.24, 2.45) is 0 Å². The molecule has 0 unspecified atom stereocenters. The molecule has 1 N–H and O–H groups in total. The van der Waals surface area contributed by atoms with Crippen LogP contribution in [0.4, 0.5) is 11.5 Å². The van der Waals surface area contributed by atoms with Crippen LogP contribution in [0.1, 0.15) is 13.8 Å². The lowest BCUT2D eigenvalue weighted by molar-refractivity contribution is -0.384. The van der Waals surface area contributed by atoms with Gasteiger partial charge in [-0.3, -0.25) is 10.1 Å². The summed E-state index contributed by atoms with van der Waals surface area (Å²) >= 11 is 5.56. The molecule has 0 radical (unpaired) electrons. The van der Waals surface area contributed by atoms with Crippen LogP contribution >= 0.6 is 11.6 Å². The zero-order valence-electron chi connectivity index (χ0n) is 8.90. The zero-order valence-corrected chi connectivity index (χ0v) is 9.65. The van der Waals surface area contributed by atoms with Gasteiger partial charge in [-0.05, 0) is 25.4 Å². The normalized spacial score (nSPS) is 9.69. The highest BCUT2D eigenvalue weighted by molar-refractivity contribution is 6.28. The van der Waals surface area contributed by atoms with Crippen LogP contribution in [0.25, 0.3) is 0 Å². The van der Waals surface area contributed by atoms with Gasteiger partial charge in [0.15, 0.2) is 0 Å². The molecule has 0 bridgehead atoms. The predicted molar refractivity (Wildman–Crippen MR) is 61.6 cm³/mol. The topological polar surface area (TPSA) is 81.0 Å². The monoisotopic (exact) mass is 242 g/mol. The Balaban J connectivity index is 2.88. The third kappa shape index (κ3) is 3.47. The molecule has 0 saturated heterocycles. The summed E-state index contributed by atoms with van der Waals surface area (Å²) in [5, 5.41) is 13.4. The number of anilines is 1.